The minimum Gasteiger partial charge on any atom is -0.380 e. The highest BCUT2D eigenvalue weighted by Crippen LogP contribution is 2.10. The second-order valence-corrected chi connectivity index (χ2v) is 5.44. The van der Waals surface area contributed by atoms with Crippen LogP contribution in [-0.2, 0) is 24.4 Å². The highest BCUT2D eigenvalue weighted by Gasteiger charge is 2.08. The van der Waals surface area contributed by atoms with E-state index >= 15 is 0 Å². The molecule has 0 amide bonds. The van der Waals surface area contributed by atoms with Gasteiger partial charge in [-0.15, -0.1) is 0 Å². The number of hydrogen-bond donors (Lipinski definition) is 1. The number of rotatable bonds is 6. The van der Waals surface area contributed by atoms with Crippen molar-refractivity contribution in [2.75, 3.05) is 21.2 Å². The van der Waals surface area contributed by atoms with Gasteiger partial charge >= 0.3 is 0 Å². The van der Waals surface area contributed by atoms with Crippen LogP contribution in [0.1, 0.15) is 16.7 Å². The maximum absolute atomic E-state index is 5.26. The van der Waals surface area contributed by atoms with Gasteiger partial charge in [0.25, 0.3) is 0 Å². The zero-order chi connectivity index (χ0) is 16.5. The van der Waals surface area contributed by atoms with Crippen LogP contribution in [-0.4, -0.2) is 32.1 Å². The average Bonchev–Trinajstić information content (AvgIpc) is 2.58. The molecule has 0 bridgehead atoms. The summed E-state index contributed by atoms with van der Waals surface area (Å²) >= 11 is 0. The lowest BCUT2D eigenvalue weighted by atomic mass is 10.1. The fraction of sp³-hybridized carbons (Fsp3) is 0.316. The van der Waals surface area contributed by atoms with Gasteiger partial charge in [0, 0.05) is 34.3 Å². The van der Waals surface area contributed by atoms with Crippen molar-refractivity contribution in [3.8, 4) is 0 Å². The van der Waals surface area contributed by atoms with Crippen LogP contribution in [0.2, 0.25) is 0 Å². The summed E-state index contributed by atoms with van der Waals surface area (Å²) in [5.41, 5.74) is 3.69. The molecule has 0 aliphatic heterocycles. The number of benzene rings is 2. The Balaban J connectivity index is 1.97. The lowest BCUT2D eigenvalue weighted by Crippen LogP contribution is -2.38. The summed E-state index contributed by atoms with van der Waals surface area (Å²) in [6, 6.07) is 18.7. The first kappa shape index (κ1) is 17.0. The molecule has 0 aromatic heterocycles. The van der Waals surface area contributed by atoms with Crippen molar-refractivity contribution in [3.05, 3.63) is 71.3 Å². The van der Waals surface area contributed by atoms with Gasteiger partial charge in [-0.05, 0) is 16.7 Å². The Morgan fingerprint density at radius 1 is 1.04 bits per heavy atom. The Morgan fingerprint density at radius 3 is 2.35 bits per heavy atom. The van der Waals surface area contributed by atoms with Crippen LogP contribution in [0.25, 0.3) is 0 Å². The van der Waals surface area contributed by atoms with Crippen LogP contribution in [0.3, 0.4) is 0 Å². The van der Waals surface area contributed by atoms with Gasteiger partial charge in [-0.25, -0.2) is 0 Å². The van der Waals surface area contributed by atoms with Gasteiger partial charge in [0.15, 0.2) is 5.96 Å². The molecule has 0 heterocycles. The topological polar surface area (TPSA) is 36.9 Å². The Labute approximate surface area is 138 Å². The number of aliphatic imine (C=N–C) groups is 1. The van der Waals surface area contributed by atoms with Crippen molar-refractivity contribution in [3.63, 3.8) is 0 Å². The molecule has 0 saturated heterocycles. The molecule has 4 nitrogen and oxygen atoms in total. The number of hydrogen-bond acceptors (Lipinski definition) is 2. The van der Waals surface area contributed by atoms with E-state index in [0.29, 0.717) is 6.61 Å². The molecule has 1 N–H and O–H groups in total. The van der Waals surface area contributed by atoms with Crippen molar-refractivity contribution in [2.45, 2.75) is 19.7 Å². The summed E-state index contributed by atoms with van der Waals surface area (Å²) < 4.78 is 5.26. The lowest BCUT2D eigenvalue weighted by molar-refractivity contribution is 0.184. The van der Waals surface area contributed by atoms with E-state index in [2.05, 4.69) is 51.6 Å². The molecule has 0 aliphatic carbocycles. The van der Waals surface area contributed by atoms with Crippen molar-refractivity contribution in [1.82, 2.24) is 10.2 Å². The quantitative estimate of drug-likeness (QED) is 0.658. The molecule has 2 aromatic rings. The van der Waals surface area contributed by atoms with Gasteiger partial charge in [0.05, 0.1) is 6.61 Å². The molecule has 4 heteroatoms. The third-order valence-electron chi connectivity index (χ3n) is 3.69. The summed E-state index contributed by atoms with van der Waals surface area (Å²) in [7, 11) is 5.57. The minimum atomic E-state index is 0.621. The first-order valence-electron chi connectivity index (χ1n) is 7.76. The molecule has 0 atom stereocenters. The molecule has 23 heavy (non-hydrogen) atoms. The molecule has 0 saturated carbocycles. The highest BCUT2D eigenvalue weighted by molar-refractivity contribution is 5.79. The van der Waals surface area contributed by atoms with Gasteiger partial charge in [-0.2, -0.15) is 0 Å². The summed E-state index contributed by atoms with van der Waals surface area (Å²) in [5, 5.41) is 3.42. The van der Waals surface area contributed by atoms with Crippen molar-refractivity contribution in [1.29, 1.82) is 0 Å². The molecular formula is C19H25N3O. The lowest BCUT2D eigenvalue weighted by Gasteiger charge is -2.22. The van der Waals surface area contributed by atoms with E-state index in [4.69, 9.17) is 4.74 Å². The first-order valence-corrected chi connectivity index (χ1v) is 7.76. The largest absolute Gasteiger partial charge is 0.380 e. The zero-order valence-electron chi connectivity index (χ0n) is 14.1. The van der Waals surface area contributed by atoms with E-state index in [1.54, 1.807) is 7.11 Å². The second-order valence-electron chi connectivity index (χ2n) is 5.44. The van der Waals surface area contributed by atoms with Crippen LogP contribution < -0.4 is 5.32 Å². The second kappa shape index (κ2) is 8.96. The molecule has 0 spiro atoms. The fourth-order valence-corrected chi connectivity index (χ4v) is 2.52. The predicted molar refractivity (Wildman–Crippen MR) is 95.3 cm³/mol. The molecule has 2 aromatic carbocycles. The number of ether oxygens (including phenoxy) is 1. The van der Waals surface area contributed by atoms with Crippen LogP contribution >= 0.6 is 0 Å². The molecule has 122 valence electrons. The molecule has 0 fully saturated rings. The van der Waals surface area contributed by atoms with E-state index in [-0.39, 0.29) is 0 Å². The normalized spacial score (nSPS) is 11.3. The molecule has 0 unspecified atom stereocenters. The number of nitrogens with one attached hydrogen (secondary N) is 1. The molecule has 2 rings (SSSR count). The first-order chi connectivity index (χ1) is 11.2. The third kappa shape index (κ3) is 5.11. The number of nitrogens with zero attached hydrogens (tertiary/aromatic N) is 2. The Hall–Kier alpha value is -2.33. The van der Waals surface area contributed by atoms with E-state index < -0.39 is 0 Å². The zero-order valence-corrected chi connectivity index (χ0v) is 14.1. The standard InChI is InChI=1S/C19H25N3O/c1-20-19(22(2)14-16-9-5-4-6-10-16)21-13-17-11-7-8-12-18(17)15-23-3/h4-12H,13-15H2,1-3H3,(H,20,21). The fourth-order valence-electron chi connectivity index (χ4n) is 2.52. The third-order valence-corrected chi connectivity index (χ3v) is 3.69. The Morgan fingerprint density at radius 2 is 1.70 bits per heavy atom. The summed E-state index contributed by atoms with van der Waals surface area (Å²) in [6.45, 7) is 2.17. The minimum absolute atomic E-state index is 0.621. The van der Waals surface area contributed by atoms with Gasteiger partial charge in [-0.3, -0.25) is 4.99 Å². The Kier molecular flexibility index (Phi) is 6.63. The van der Waals surface area contributed by atoms with E-state index in [1.807, 2.05) is 32.3 Å². The van der Waals surface area contributed by atoms with Crippen molar-refractivity contribution < 1.29 is 4.74 Å². The van der Waals surface area contributed by atoms with Crippen LogP contribution in [0.15, 0.2) is 59.6 Å². The number of methoxy groups -OCH3 is 1. The number of guanidine groups is 1. The van der Waals surface area contributed by atoms with Crippen LogP contribution in [0.5, 0.6) is 0 Å². The SMILES string of the molecule is CN=C(NCc1ccccc1COC)N(C)Cc1ccccc1. The van der Waals surface area contributed by atoms with Crippen molar-refractivity contribution in [2.24, 2.45) is 4.99 Å². The predicted octanol–water partition coefficient (Wildman–Crippen LogP) is 3.04. The van der Waals surface area contributed by atoms with E-state index in [0.717, 1.165) is 19.0 Å². The van der Waals surface area contributed by atoms with Gasteiger partial charge in [0.1, 0.15) is 0 Å². The molecule has 0 aliphatic rings. The summed E-state index contributed by atoms with van der Waals surface area (Å²) in [6.07, 6.45) is 0. The monoisotopic (exact) mass is 311 g/mol. The van der Waals surface area contributed by atoms with Crippen LogP contribution in [0.4, 0.5) is 0 Å². The van der Waals surface area contributed by atoms with Gasteiger partial charge in [0.2, 0.25) is 0 Å². The summed E-state index contributed by atoms with van der Waals surface area (Å²) in [4.78, 5) is 6.49. The van der Waals surface area contributed by atoms with Gasteiger partial charge < -0.3 is 15.0 Å². The highest BCUT2D eigenvalue weighted by atomic mass is 16.5. The van der Waals surface area contributed by atoms with Crippen molar-refractivity contribution >= 4 is 5.96 Å². The van der Waals surface area contributed by atoms with E-state index in [9.17, 15) is 0 Å². The molecule has 0 radical (unpaired) electrons. The Bertz CT molecular complexity index is 626. The maximum Gasteiger partial charge on any atom is 0.193 e. The smallest absolute Gasteiger partial charge is 0.193 e. The van der Waals surface area contributed by atoms with Crippen LogP contribution in [0, 0.1) is 0 Å². The van der Waals surface area contributed by atoms with E-state index in [1.165, 1.54) is 16.7 Å². The van der Waals surface area contributed by atoms with Gasteiger partial charge in [-0.1, -0.05) is 54.6 Å². The average molecular weight is 311 g/mol. The summed E-state index contributed by atoms with van der Waals surface area (Å²) in [5.74, 6) is 0.876. The maximum atomic E-state index is 5.26. The molecular weight excluding hydrogens is 286 g/mol.